The predicted octanol–water partition coefficient (Wildman–Crippen LogP) is 1.94. The van der Waals surface area contributed by atoms with Gasteiger partial charge in [-0.25, -0.2) is 17.8 Å². The van der Waals surface area contributed by atoms with E-state index < -0.39 is 59.6 Å². The Bertz CT molecular complexity index is 1090. The summed E-state index contributed by atoms with van der Waals surface area (Å²) in [5.41, 5.74) is 1.30. The molecule has 2 heterocycles. The number of nitrogens with two attached hydrogens (primary N) is 1. The molecule has 2 aromatic heterocycles. The van der Waals surface area contributed by atoms with Gasteiger partial charge in [0.1, 0.15) is 14.8 Å². The summed E-state index contributed by atoms with van der Waals surface area (Å²) in [5.74, 6) is -3.89. The number of amides is 2. The minimum absolute atomic E-state index is 0.0283. The molecule has 0 aliphatic carbocycles. The molecule has 0 atom stereocenters. The van der Waals surface area contributed by atoms with Crippen molar-refractivity contribution in [3.05, 3.63) is 35.3 Å². The number of nitrogens with zero attached hydrogens (tertiary/aromatic N) is 1. The zero-order chi connectivity index (χ0) is 22.4. The van der Waals surface area contributed by atoms with E-state index in [1.807, 2.05) is 0 Å². The lowest BCUT2D eigenvalue weighted by molar-refractivity contribution is -0.138. The van der Waals surface area contributed by atoms with Gasteiger partial charge in [0, 0.05) is 6.20 Å². The molecule has 2 rings (SSSR count). The van der Waals surface area contributed by atoms with Crippen LogP contribution < -0.4 is 11.1 Å². The first kappa shape index (κ1) is 22.7. The number of carbonyl (C=O) groups excluding carboxylic acids is 2. The lowest BCUT2D eigenvalue weighted by atomic mass is 10.1. The summed E-state index contributed by atoms with van der Waals surface area (Å²) in [6, 6.07) is 0.695. The van der Waals surface area contributed by atoms with E-state index in [1.165, 1.54) is 0 Å². The molecule has 0 radical (unpaired) electrons. The zero-order valence-corrected chi connectivity index (χ0v) is 16.3. The van der Waals surface area contributed by atoms with Crippen LogP contribution in [0.5, 0.6) is 0 Å². The average molecular weight is 455 g/mol. The van der Waals surface area contributed by atoms with Gasteiger partial charge in [-0.05, 0) is 26.0 Å². The standard InChI is InChI=1S/C15H13F4N3O5S2/c1-14(2,25)13(24)22-11-7(10(20)23)4-9(28-11)29(26,27)12-8(16)3-6(5-21-12)15(17,18)19/h3-5,25H,1-2H3,(H2,20,23)(H,22,24). The van der Waals surface area contributed by atoms with Gasteiger partial charge in [-0.15, -0.1) is 11.3 Å². The van der Waals surface area contributed by atoms with Crippen molar-refractivity contribution in [1.82, 2.24) is 4.98 Å². The molecule has 0 saturated carbocycles. The predicted molar refractivity (Wildman–Crippen MR) is 92.4 cm³/mol. The van der Waals surface area contributed by atoms with E-state index in [2.05, 4.69) is 10.3 Å². The maximum absolute atomic E-state index is 14.1. The molecule has 14 heteroatoms. The second-order valence-corrected chi connectivity index (χ2v) is 9.34. The number of rotatable bonds is 5. The Balaban J connectivity index is 2.55. The van der Waals surface area contributed by atoms with E-state index in [1.54, 1.807) is 0 Å². The molecule has 0 aliphatic rings. The van der Waals surface area contributed by atoms with Crippen LogP contribution in [0.1, 0.15) is 29.8 Å². The first-order valence-electron chi connectivity index (χ1n) is 7.50. The number of primary amides is 1. The van der Waals surface area contributed by atoms with Gasteiger partial charge in [-0.2, -0.15) is 13.2 Å². The molecule has 29 heavy (non-hydrogen) atoms. The Hall–Kier alpha value is -2.58. The quantitative estimate of drug-likeness (QED) is 0.589. The van der Waals surface area contributed by atoms with Crippen molar-refractivity contribution in [3.63, 3.8) is 0 Å². The number of aliphatic hydroxyl groups is 1. The summed E-state index contributed by atoms with van der Waals surface area (Å²) < 4.78 is 76.4. The summed E-state index contributed by atoms with van der Waals surface area (Å²) in [5, 5.41) is 10.1. The molecule has 4 N–H and O–H groups in total. The average Bonchev–Trinajstić information content (AvgIpc) is 2.97. The number of aromatic nitrogens is 1. The van der Waals surface area contributed by atoms with E-state index in [-0.39, 0.29) is 17.3 Å². The highest BCUT2D eigenvalue weighted by Gasteiger charge is 2.35. The topological polar surface area (TPSA) is 139 Å². The highest BCUT2D eigenvalue weighted by Crippen LogP contribution is 2.36. The molecule has 0 bridgehead atoms. The normalized spacial score (nSPS) is 12.7. The van der Waals surface area contributed by atoms with Crippen molar-refractivity contribution in [1.29, 1.82) is 0 Å². The number of halogens is 4. The first-order chi connectivity index (χ1) is 13.0. The van der Waals surface area contributed by atoms with Gasteiger partial charge in [0.25, 0.3) is 11.8 Å². The Morgan fingerprint density at radius 3 is 2.28 bits per heavy atom. The Morgan fingerprint density at radius 2 is 1.83 bits per heavy atom. The fourth-order valence-corrected chi connectivity index (χ4v) is 4.59. The van der Waals surface area contributed by atoms with Crippen molar-refractivity contribution in [2.45, 2.75) is 34.9 Å². The van der Waals surface area contributed by atoms with Crippen LogP contribution in [0.4, 0.5) is 22.6 Å². The Kier molecular flexibility index (Phi) is 5.75. The van der Waals surface area contributed by atoms with Gasteiger partial charge < -0.3 is 16.2 Å². The van der Waals surface area contributed by atoms with Crippen molar-refractivity contribution in [2.24, 2.45) is 5.73 Å². The molecular formula is C15H13F4N3O5S2. The number of thiophene rings is 1. The summed E-state index contributed by atoms with van der Waals surface area (Å²) in [6.07, 6.45) is -4.79. The molecule has 0 aliphatic heterocycles. The molecule has 8 nitrogen and oxygen atoms in total. The van der Waals surface area contributed by atoms with Gasteiger partial charge in [0.15, 0.2) is 10.8 Å². The van der Waals surface area contributed by atoms with Gasteiger partial charge in [0.2, 0.25) is 9.84 Å². The van der Waals surface area contributed by atoms with Crippen LogP contribution in [0.2, 0.25) is 0 Å². The third kappa shape index (κ3) is 4.71. The summed E-state index contributed by atoms with van der Waals surface area (Å²) >= 11 is 0.292. The number of hydrogen-bond donors (Lipinski definition) is 3. The fourth-order valence-electron chi connectivity index (χ4n) is 1.91. The Morgan fingerprint density at radius 1 is 1.24 bits per heavy atom. The van der Waals surface area contributed by atoms with Crippen LogP contribution in [-0.2, 0) is 20.8 Å². The lowest BCUT2D eigenvalue weighted by Crippen LogP contribution is -2.36. The van der Waals surface area contributed by atoms with Crippen molar-refractivity contribution in [2.75, 3.05) is 5.32 Å². The van der Waals surface area contributed by atoms with Crippen LogP contribution in [0.3, 0.4) is 0 Å². The fraction of sp³-hybridized carbons (Fsp3) is 0.267. The monoisotopic (exact) mass is 455 g/mol. The van der Waals surface area contributed by atoms with Crippen molar-refractivity contribution < 1.29 is 40.7 Å². The maximum Gasteiger partial charge on any atom is 0.417 e. The lowest BCUT2D eigenvalue weighted by Gasteiger charge is -2.16. The van der Waals surface area contributed by atoms with Crippen LogP contribution in [0, 0.1) is 5.82 Å². The highest BCUT2D eigenvalue weighted by atomic mass is 32.2. The van der Waals surface area contributed by atoms with Gasteiger partial charge in [-0.3, -0.25) is 9.59 Å². The summed E-state index contributed by atoms with van der Waals surface area (Å²) in [4.78, 5) is 26.5. The molecule has 0 saturated heterocycles. The molecule has 158 valence electrons. The molecule has 2 amide bonds. The van der Waals surface area contributed by atoms with E-state index in [4.69, 9.17) is 5.73 Å². The van der Waals surface area contributed by atoms with Crippen molar-refractivity contribution >= 4 is 38.0 Å². The highest BCUT2D eigenvalue weighted by molar-refractivity contribution is 7.93. The van der Waals surface area contributed by atoms with Gasteiger partial charge in [0.05, 0.1) is 11.1 Å². The number of anilines is 1. The molecule has 0 unspecified atom stereocenters. The van der Waals surface area contributed by atoms with Crippen LogP contribution in [0.25, 0.3) is 0 Å². The van der Waals surface area contributed by atoms with Gasteiger partial charge >= 0.3 is 6.18 Å². The number of pyridine rings is 1. The second kappa shape index (κ2) is 7.35. The SMILES string of the molecule is CC(C)(O)C(=O)Nc1sc(S(=O)(=O)c2ncc(C(F)(F)F)cc2F)cc1C(N)=O. The maximum atomic E-state index is 14.1. The molecule has 0 aromatic carbocycles. The smallest absolute Gasteiger partial charge is 0.381 e. The van der Waals surface area contributed by atoms with Crippen LogP contribution >= 0.6 is 11.3 Å². The molecule has 0 fully saturated rings. The van der Waals surface area contributed by atoms with Crippen LogP contribution in [0.15, 0.2) is 27.6 Å². The molecular weight excluding hydrogens is 442 g/mol. The largest absolute Gasteiger partial charge is 0.417 e. The minimum atomic E-state index is -4.94. The molecule has 0 spiro atoms. The van der Waals surface area contributed by atoms with E-state index in [9.17, 15) is 40.7 Å². The third-order valence-corrected chi connectivity index (χ3v) is 6.62. The zero-order valence-electron chi connectivity index (χ0n) is 14.7. The van der Waals surface area contributed by atoms with E-state index >= 15 is 0 Å². The minimum Gasteiger partial charge on any atom is -0.381 e. The Labute approximate surface area is 165 Å². The summed E-state index contributed by atoms with van der Waals surface area (Å²) in [7, 11) is -4.79. The molecule has 2 aromatic rings. The van der Waals surface area contributed by atoms with Gasteiger partial charge in [-0.1, -0.05) is 0 Å². The van der Waals surface area contributed by atoms with E-state index in [0.717, 1.165) is 19.9 Å². The number of sulfone groups is 1. The number of hydrogen-bond acceptors (Lipinski definition) is 7. The third-order valence-electron chi connectivity index (χ3n) is 3.41. The number of alkyl halides is 3. The number of nitrogens with one attached hydrogen (secondary N) is 1. The number of carbonyl (C=O) groups is 2. The summed E-state index contributed by atoms with van der Waals surface area (Å²) in [6.45, 7) is 2.25. The van der Waals surface area contributed by atoms with Crippen molar-refractivity contribution in [3.8, 4) is 0 Å². The second-order valence-electron chi connectivity index (χ2n) is 6.20. The first-order valence-corrected chi connectivity index (χ1v) is 9.80. The van der Waals surface area contributed by atoms with E-state index in [0.29, 0.717) is 11.3 Å². The van der Waals surface area contributed by atoms with Crippen LogP contribution in [-0.4, -0.2) is 35.9 Å².